The standard InChI is InChI=1S/C34H39O7P2/c1-2-3-16-25-34(35,42(36,38-26-30-17-8-4-9-18-30)39-27-31-19-10-5-11-20-31)43(37,40-28-32-21-12-6-13-22-32)41-29-33-23-14-7-15-24-33/h4-15,17-24,35H,1-3,16,25-29H2. The Morgan fingerprint density at radius 2 is 0.791 bits per heavy atom. The largest absolute Gasteiger partial charge is 0.375 e. The molecule has 9 heteroatoms. The second-order valence-corrected chi connectivity index (χ2v) is 15.0. The molecule has 0 saturated carbocycles. The van der Waals surface area contributed by atoms with E-state index >= 15 is 9.13 Å². The Balaban J connectivity index is 1.75. The lowest BCUT2D eigenvalue weighted by molar-refractivity contribution is 0.0630. The Bertz CT molecular complexity index is 1250. The minimum atomic E-state index is -4.65. The summed E-state index contributed by atoms with van der Waals surface area (Å²) in [4.78, 5) is 0. The van der Waals surface area contributed by atoms with Crippen molar-refractivity contribution in [3.05, 3.63) is 151 Å². The molecular weight excluding hydrogens is 582 g/mol. The van der Waals surface area contributed by atoms with E-state index in [-0.39, 0.29) is 32.8 Å². The molecule has 0 atom stereocenters. The van der Waals surface area contributed by atoms with E-state index in [9.17, 15) is 5.11 Å². The quantitative estimate of drug-likeness (QED) is 0.0875. The zero-order valence-electron chi connectivity index (χ0n) is 24.2. The lowest BCUT2D eigenvalue weighted by Crippen LogP contribution is -2.33. The second kappa shape index (κ2) is 16.3. The average Bonchev–Trinajstić information content (AvgIpc) is 3.06. The molecule has 0 aliphatic rings. The lowest BCUT2D eigenvalue weighted by Gasteiger charge is -2.39. The van der Waals surface area contributed by atoms with Crippen molar-refractivity contribution in [3.8, 4) is 0 Å². The molecule has 43 heavy (non-hydrogen) atoms. The van der Waals surface area contributed by atoms with E-state index in [1.165, 1.54) is 0 Å². The molecule has 4 rings (SSSR count). The molecule has 4 aromatic rings. The molecule has 0 unspecified atom stereocenters. The first kappa shape index (κ1) is 33.0. The van der Waals surface area contributed by atoms with Crippen molar-refractivity contribution >= 4 is 15.2 Å². The van der Waals surface area contributed by atoms with Crippen LogP contribution in [0.2, 0.25) is 0 Å². The Morgan fingerprint density at radius 3 is 1.05 bits per heavy atom. The molecule has 227 valence electrons. The molecule has 0 amide bonds. The van der Waals surface area contributed by atoms with Gasteiger partial charge in [0.1, 0.15) is 0 Å². The van der Waals surface area contributed by atoms with Crippen molar-refractivity contribution in [2.24, 2.45) is 0 Å². The summed E-state index contributed by atoms with van der Waals surface area (Å²) in [5.74, 6) is 0. The smallest absolute Gasteiger partial charge is 0.368 e. The van der Waals surface area contributed by atoms with E-state index in [2.05, 4.69) is 6.92 Å². The number of rotatable bonds is 18. The van der Waals surface area contributed by atoms with E-state index in [0.29, 0.717) is 41.5 Å². The third-order valence-corrected chi connectivity index (χ3v) is 12.4. The fourth-order valence-corrected chi connectivity index (χ4v) is 9.39. The van der Waals surface area contributed by atoms with Crippen molar-refractivity contribution in [1.82, 2.24) is 0 Å². The van der Waals surface area contributed by atoms with Crippen LogP contribution in [0.5, 0.6) is 0 Å². The zero-order chi connectivity index (χ0) is 30.4. The van der Waals surface area contributed by atoms with Gasteiger partial charge in [0, 0.05) is 0 Å². The van der Waals surface area contributed by atoms with Gasteiger partial charge in [-0.05, 0) is 35.1 Å². The fraction of sp³-hybridized carbons (Fsp3) is 0.265. The molecule has 0 spiro atoms. The predicted octanol–water partition coefficient (Wildman–Crippen LogP) is 9.28. The molecule has 0 bridgehead atoms. The Hall–Kier alpha value is -2.86. The topological polar surface area (TPSA) is 91.3 Å². The van der Waals surface area contributed by atoms with Gasteiger partial charge in [-0.1, -0.05) is 141 Å². The summed E-state index contributed by atoms with van der Waals surface area (Å²) in [6.45, 7) is 3.29. The second-order valence-electron chi connectivity index (χ2n) is 10.1. The van der Waals surface area contributed by atoms with Crippen molar-refractivity contribution < 1.29 is 32.3 Å². The molecule has 1 radical (unpaired) electrons. The number of benzene rings is 4. The summed E-state index contributed by atoms with van der Waals surface area (Å²) in [7, 11) is -9.31. The highest BCUT2D eigenvalue weighted by Crippen LogP contribution is 2.79. The number of unbranched alkanes of at least 4 members (excludes halogenated alkanes) is 2. The van der Waals surface area contributed by atoms with Crippen LogP contribution in [-0.2, 0) is 53.7 Å². The van der Waals surface area contributed by atoms with Crippen LogP contribution in [0.3, 0.4) is 0 Å². The van der Waals surface area contributed by atoms with Crippen LogP contribution < -0.4 is 0 Å². The summed E-state index contributed by atoms with van der Waals surface area (Å²) >= 11 is 0. The zero-order valence-corrected chi connectivity index (χ0v) is 26.0. The van der Waals surface area contributed by atoms with Gasteiger partial charge in [-0.2, -0.15) is 0 Å². The van der Waals surface area contributed by atoms with E-state index in [1.54, 1.807) is 48.5 Å². The van der Waals surface area contributed by atoms with Crippen LogP contribution in [0, 0.1) is 6.92 Å². The predicted molar refractivity (Wildman–Crippen MR) is 169 cm³/mol. The normalized spacial score (nSPS) is 12.3. The van der Waals surface area contributed by atoms with Gasteiger partial charge in [-0.15, -0.1) is 0 Å². The minimum absolute atomic E-state index is 0.151. The van der Waals surface area contributed by atoms with Gasteiger partial charge in [0.25, 0.3) is 5.08 Å². The van der Waals surface area contributed by atoms with Crippen LogP contribution >= 0.6 is 15.2 Å². The third kappa shape index (κ3) is 9.07. The number of hydrogen-bond donors (Lipinski definition) is 1. The molecule has 0 heterocycles. The number of aliphatic hydroxyl groups is 1. The van der Waals surface area contributed by atoms with Crippen molar-refractivity contribution in [2.45, 2.75) is 57.2 Å². The van der Waals surface area contributed by atoms with Crippen molar-refractivity contribution in [2.75, 3.05) is 0 Å². The number of hydrogen-bond acceptors (Lipinski definition) is 7. The fourth-order valence-electron chi connectivity index (χ4n) is 4.39. The van der Waals surface area contributed by atoms with E-state index in [4.69, 9.17) is 18.1 Å². The summed E-state index contributed by atoms with van der Waals surface area (Å²) in [5.41, 5.74) is 2.82. The van der Waals surface area contributed by atoms with Gasteiger partial charge < -0.3 is 23.2 Å². The molecule has 0 saturated heterocycles. The third-order valence-electron chi connectivity index (χ3n) is 6.87. The van der Waals surface area contributed by atoms with Crippen LogP contribution in [0.1, 0.15) is 47.9 Å². The molecule has 4 aromatic carbocycles. The summed E-state index contributed by atoms with van der Waals surface area (Å²) in [5, 5.41) is 9.92. The first-order chi connectivity index (χ1) is 20.9. The highest BCUT2D eigenvalue weighted by Gasteiger charge is 2.64. The maximum atomic E-state index is 15.0. The van der Waals surface area contributed by atoms with Gasteiger partial charge >= 0.3 is 15.2 Å². The van der Waals surface area contributed by atoms with Crippen molar-refractivity contribution in [1.29, 1.82) is 0 Å². The van der Waals surface area contributed by atoms with E-state index < -0.39 is 20.3 Å². The summed E-state index contributed by atoms with van der Waals surface area (Å²) in [6.07, 6.45) is 1.26. The Kier molecular flexibility index (Phi) is 12.5. The molecule has 1 N–H and O–H groups in total. The molecular formula is C34H39O7P2. The van der Waals surface area contributed by atoms with Gasteiger partial charge in [-0.3, -0.25) is 9.13 Å². The summed E-state index contributed by atoms with van der Waals surface area (Å²) in [6, 6.07) is 36.5. The average molecular weight is 622 g/mol. The SMILES string of the molecule is [CH2]CCCCC(O)(P(=O)(OCc1ccccc1)OCc1ccccc1)P(=O)(OCc1ccccc1)OCc1ccccc1. The Labute approximate surface area is 254 Å². The van der Waals surface area contributed by atoms with Crippen LogP contribution in [0.4, 0.5) is 0 Å². The Morgan fingerprint density at radius 1 is 0.512 bits per heavy atom. The first-order valence-corrected chi connectivity index (χ1v) is 17.4. The maximum absolute atomic E-state index is 15.0. The van der Waals surface area contributed by atoms with Crippen molar-refractivity contribution in [3.63, 3.8) is 0 Å². The molecule has 0 aliphatic heterocycles. The van der Waals surface area contributed by atoms with Crippen LogP contribution in [-0.4, -0.2) is 10.2 Å². The monoisotopic (exact) mass is 621 g/mol. The van der Waals surface area contributed by atoms with Gasteiger partial charge in [-0.25, -0.2) is 0 Å². The molecule has 0 fully saturated rings. The maximum Gasteiger partial charge on any atom is 0.375 e. The highest BCUT2D eigenvalue weighted by molar-refractivity contribution is 7.73. The first-order valence-electron chi connectivity index (χ1n) is 14.3. The van der Waals surface area contributed by atoms with Crippen LogP contribution in [0.15, 0.2) is 121 Å². The van der Waals surface area contributed by atoms with Gasteiger partial charge in [0.2, 0.25) is 0 Å². The molecule has 0 aliphatic carbocycles. The van der Waals surface area contributed by atoms with E-state index in [0.717, 1.165) is 0 Å². The molecule has 0 aromatic heterocycles. The minimum Gasteiger partial charge on any atom is -0.368 e. The molecule has 7 nitrogen and oxygen atoms in total. The van der Waals surface area contributed by atoms with E-state index in [1.807, 2.05) is 72.8 Å². The van der Waals surface area contributed by atoms with Gasteiger partial charge in [0.05, 0.1) is 26.4 Å². The van der Waals surface area contributed by atoms with Crippen LogP contribution in [0.25, 0.3) is 0 Å². The lowest BCUT2D eigenvalue weighted by atomic mass is 10.2. The van der Waals surface area contributed by atoms with Gasteiger partial charge in [0.15, 0.2) is 0 Å². The summed E-state index contributed by atoms with van der Waals surface area (Å²) < 4.78 is 54.1. The highest BCUT2D eigenvalue weighted by atomic mass is 31.2.